The van der Waals surface area contributed by atoms with Crippen molar-refractivity contribution < 1.29 is 9.36 Å². The molecule has 0 aromatic heterocycles. The first-order chi connectivity index (χ1) is 8.99. The normalized spacial score (nSPS) is 17.6. The molecule has 1 aromatic rings. The van der Waals surface area contributed by atoms with Gasteiger partial charge in [0, 0.05) is 11.7 Å². The molecule has 19 heavy (non-hydrogen) atoms. The van der Waals surface area contributed by atoms with Crippen LogP contribution in [-0.4, -0.2) is 11.7 Å². The van der Waals surface area contributed by atoms with E-state index < -0.39 is 7.80 Å². The second-order valence-corrected chi connectivity index (χ2v) is 7.59. The lowest BCUT2D eigenvalue weighted by atomic mass is 10.0. The zero-order valence-electron chi connectivity index (χ0n) is 12.1. The molecule has 3 heteroatoms. The molecule has 2 rings (SSSR count). The topological polar surface area (TPSA) is 34.1 Å². The van der Waals surface area contributed by atoms with Crippen molar-refractivity contribution in [3.05, 3.63) is 34.4 Å². The number of hydrogen-bond donors (Lipinski definition) is 0. The molecule has 0 saturated heterocycles. The average Bonchev–Trinajstić information content (AvgIpc) is 2.80. The Morgan fingerprint density at radius 1 is 1.16 bits per heavy atom. The lowest BCUT2D eigenvalue weighted by Crippen LogP contribution is -2.06. The van der Waals surface area contributed by atoms with E-state index in [9.17, 15) is 9.36 Å². The van der Waals surface area contributed by atoms with Crippen LogP contribution >= 0.6 is 7.80 Å². The summed E-state index contributed by atoms with van der Waals surface area (Å²) in [5.41, 5.74) is 3.68. The van der Waals surface area contributed by atoms with Crippen molar-refractivity contribution >= 4 is 13.3 Å². The predicted octanol–water partition coefficient (Wildman–Crippen LogP) is 4.50. The average molecular weight is 278 g/mol. The molecule has 1 atom stereocenters. The first-order valence-electron chi connectivity index (χ1n) is 7.14. The van der Waals surface area contributed by atoms with Gasteiger partial charge in [0.25, 0.3) is 0 Å². The molecule has 0 spiro atoms. The third-order valence-corrected chi connectivity index (χ3v) is 5.81. The van der Waals surface area contributed by atoms with Crippen LogP contribution in [-0.2, 0) is 4.57 Å². The van der Waals surface area contributed by atoms with Crippen LogP contribution in [0.3, 0.4) is 0 Å². The molecule has 1 saturated carbocycles. The SMILES string of the molecule is Cc1cc(C)c(C(=O)[PH](=O)CC2CCCC2)c(C)c1. The second kappa shape index (κ2) is 6.05. The van der Waals surface area contributed by atoms with E-state index in [0.29, 0.717) is 17.6 Å². The van der Waals surface area contributed by atoms with Crippen LogP contribution in [0, 0.1) is 26.7 Å². The van der Waals surface area contributed by atoms with E-state index in [1.807, 2.05) is 32.9 Å². The van der Waals surface area contributed by atoms with E-state index >= 15 is 0 Å². The van der Waals surface area contributed by atoms with Gasteiger partial charge in [-0.3, -0.25) is 4.79 Å². The summed E-state index contributed by atoms with van der Waals surface area (Å²) < 4.78 is 12.3. The largest absolute Gasteiger partial charge is 0.318 e. The van der Waals surface area contributed by atoms with Gasteiger partial charge in [0.1, 0.15) is 7.80 Å². The van der Waals surface area contributed by atoms with E-state index in [-0.39, 0.29) is 5.52 Å². The number of rotatable bonds is 4. The summed E-state index contributed by atoms with van der Waals surface area (Å²) in [7, 11) is -2.15. The van der Waals surface area contributed by atoms with E-state index in [4.69, 9.17) is 0 Å². The number of hydrogen-bond acceptors (Lipinski definition) is 2. The van der Waals surface area contributed by atoms with Gasteiger partial charge >= 0.3 is 0 Å². The molecule has 0 amide bonds. The summed E-state index contributed by atoms with van der Waals surface area (Å²) in [6, 6.07) is 4.01. The number of aryl methyl sites for hydroxylation is 3. The minimum absolute atomic E-state index is 0.105. The van der Waals surface area contributed by atoms with Crippen LogP contribution < -0.4 is 0 Å². The van der Waals surface area contributed by atoms with Crippen molar-refractivity contribution in [2.75, 3.05) is 6.16 Å². The van der Waals surface area contributed by atoms with E-state index in [0.717, 1.165) is 29.5 Å². The van der Waals surface area contributed by atoms with E-state index in [2.05, 4.69) is 0 Å². The van der Waals surface area contributed by atoms with Crippen molar-refractivity contribution in [3.63, 3.8) is 0 Å². The molecule has 0 bridgehead atoms. The van der Waals surface area contributed by atoms with Crippen LogP contribution in [0.1, 0.15) is 52.7 Å². The number of carbonyl (C=O) groups is 1. The summed E-state index contributed by atoms with van der Waals surface area (Å²) in [5, 5.41) is 0. The fourth-order valence-electron chi connectivity index (χ4n) is 3.25. The molecule has 0 heterocycles. The van der Waals surface area contributed by atoms with Gasteiger partial charge in [-0.05, 0) is 50.7 Å². The lowest BCUT2D eigenvalue weighted by molar-refractivity contribution is 0.107. The van der Waals surface area contributed by atoms with Gasteiger partial charge < -0.3 is 4.57 Å². The van der Waals surface area contributed by atoms with Crippen molar-refractivity contribution in [2.24, 2.45) is 5.92 Å². The van der Waals surface area contributed by atoms with Crippen LogP contribution in [0.15, 0.2) is 12.1 Å². The Kier molecular flexibility index (Phi) is 4.62. The maximum atomic E-state index is 12.4. The summed E-state index contributed by atoms with van der Waals surface area (Å²) in [6.07, 6.45) is 5.38. The van der Waals surface area contributed by atoms with Crippen LogP contribution in [0.4, 0.5) is 0 Å². The molecular weight excluding hydrogens is 255 g/mol. The highest BCUT2D eigenvalue weighted by atomic mass is 31.1. The second-order valence-electron chi connectivity index (χ2n) is 5.88. The zero-order valence-corrected chi connectivity index (χ0v) is 13.1. The Bertz CT molecular complexity index is 490. The minimum Gasteiger partial charge on any atom is -0.318 e. The van der Waals surface area contributed by atoms with Gasteiger partial charge in [0.2, 0.25) is 5.52 Å². The Morgan fingerprint density at radius 3 is 2.21 bits per heavy atom. The number of carbonyl (C=O) groups excluding carboxylic acids is 1. The van der Waals surface area contributed by atoms with Gasteiger partial charge in [-0.1, -0.05) is 30.5 Å². The molecule has 104 valence electrons. The van der Waals surface area contributed by atoms with Crippen molar-refractivity contribution in [2.45, 2.75) is 46.5 Å². The van der Waals surface area contributed by atoms with Gasteiger partial charge in [-0.15, -0.1) is 0 Å². The van der Waals surface area contributed by atoms with Crippen molar-refractivity contribution in [1.29, 1.82) is 0 Å². The van der Waals surface area contributed by atoms with Crippen LogP contribution in [0.2, 0.25) is 0 Å². The standard InChI is InChI=1S/C16H23O2P/c1-11-8-12(2)15(13(3)9-11)16(17)19(18)10-14-6-4-5-7-14/h8-9,14,19H,4-7,10H2,1-3H3. The van der Waals surface area contributed by atoms with Crippen LogP contribution in [0.25, 0.3) is 0 Å². The minimum atomic E-state index is -2.15. The summed E-state index contributed by atoms with van der Waals surface area (Å²) in [6.45, 7) is 5.91. The van der Waals surface area contributed by atoms with Crippen LogP contribution in [0.5, 0.6) is 0 Å². The highest BCUT2D eigenvalue weighted by molar-refractivity contribution is 7.64. The van der Waals surface area contributed by atoms with Crippen molar-refractivity contribution in [3.8, 4) is 0 Å². The predicted molar refractivity (Wildman–Crippen MR) is 80.8 cm³/mol. The van der Waals surface area contributed by atoms with Gasteiger partial charge in [-0.2, -0.15) is 0 Å². The first kappa shape index (κ1) is 14.5. The zero-order chi connectivity index (χ0) is 14.0. The summed E-state index contributed by atoms with van der Waals surface area (Å²) >= 11 is 0. The molecule has 1 unspecified atom stereocenters. The molecule has 1 fully saturated rings. The first-order valence-corrected chi connectivity index (χ1v) is 8.76. The molecule has 1 aromatic carbocycles. The van der Waals surface area contributed by atoms with Gasteiger partial charge in [0.05, 0.1) is 0 Å². The van der Waals surface area contributed by atoms with Crippen molar-refractivity contribution in [1.82, 2.24) is 0 Å². The highest BCUT2D eigenvalue weighted by Crippen LogP contribution is 2.37. The Labute approximate surface area is 116 Å². The molecule has 0 aliphatic heterocycles. The number of benzene rings is 1. The molecule has 2 nitrogen and oxygen atoms in total. The maximum absolute atomic E-state index is 12.4. The third kappa shape index (κ3) is 3.36. The molecule has 0 radical (unpaired) electrons. The maximum Gasteiger partial charge on any atom is 0.219 e. The fourth-order valence-corrected chi connectivity index (χ4v) is 5.04. The van der Waals surface area contributed by atoms with E-state index in [1.165, 1.54) is 12.8 Å². The fraction of sp³-hybridized carbons (Fsp3) is 0.562. The molecule has 1 aliphatic rings. The highest BCUT2D eigenvalue weighted by Gasteiger charge is 2.24. The third-order valence-electron chi connectivity index (χ3n) is 4.11. The smallest absolute Gasteiger partial charge is 0.219 e. The quantitative estimate of drug-likeness (QED) is 0.760. The Balaban J connectivity index is 2.17. The van der Waals surface area contributed by atoms with Gasteiger partial charge in [-0.25, -0.2) is 0 Å². The monoisotopic (exact) mass is 278 g/mol. The Hall–Kier alpha value is -0.880. The van der Waals surface area contributed by atoms with Gasteiger partial charge in [0.15, 0.2) is 0 Å². The summed E-state index contributed by atoms with van der Waals surface area (Å²) in [5.74, 6) is 0.515. The molecule has 1 aliphatic carbocycles. The Morgan fingerprint density at radius 2 is 1.68 bits per heavy atom. The van der Waals surface area contributed by atoms with E-state index in [1.54, 1.807) is 0 Å². The molecular formula is C16H23O2P. The summed E-state index contributed by atoms with van der Waals surface area (Å²) in [4.78, 5) is 12.4. The lowest BCUT2D eigenvalue weighted by Gasteiger charge is -2.12. The molecule has 0 N–H and O–H groups in total.